The van der Waals surface area contributed by atoms with Gasteiger partial charge in [-0.2, -0.15) is 10.2 Å². The van der Waals surface area contributed by atoms with Crippen LogP contribution in [0.25, 0.3) is 33.8 Å². The zero-order valence-electron chi connectivity index (χ0n) is 32.3. The van der Waals surface area contributed by atoms with E-state index in [1.54, 1.807) is 48.8 Å². The fraction of sp³-hybridized carbons (Fsp3) is 0.0667. The molecule has 0 aliphatic rings. The van der Waals surface area contributed by atoms with E-state index in [0.29, 0.717) is 11.1 Å². The Balaban J connectivity index is 0.000000417. The smallest absolute Gasteiger partial charge is 0.286 e. The molecule has 4 heterocycles. The third kappa shape index (κ3) is 9.37. The largest absolute Gasteiger partial charge is 0.744 e. The minimum atomic E-state index is -4.27. The van der Waals surface area contributed by atoms with Crippen molar-refractivity contribution in [3.05, 3.63) is 186 Å². The standard InChI is InChI=1S/C38H30N8O2.C7H8O3S/c1-43-33(25-45-21-5-3-7-35(43)45)29-13-9-27(10-14-29)23-39-41-37(47)31-17-19-32(20-18-31)38(48)42-40-24-28-11-15-30(16-12-28)34-26-46-22-6-4-8-36(46)44(34)2;1-6-2-4-7(5-3-6)11(8,9)10/h3-26H,1-2H3;2-5H,1H3,(H,8,9,10)/p+1/b39-23+,40-24+;. The molecule has 0 radical (unpaired) electrons. The molecule has 8 rings (SSSR count). The molecule has 0 aliphatic carbocycles. The molecule has 13 nitrogen and oxygen atoms in total. The van der Waals surface area contributed by atoms with Crippen LogP contribution in [0.15, 0.2) is 173 Å². The Morgan fingerprint density at radius 3 is 1.37 bits per heavy atom. The van der Waals surface area contributed by atoms with E-state index in [2.05, 4.69) is 63.5 Å². The maximum Gasteiger partial charge on any atom is 0.286 e. The average molecular weight is 804 g/mol. The van der Waals surface area contributed by atoms with Gasteiger partial charge in [0.25, 0.3) is 23.1 Å². The number of imidazole rings is 2. The zero-order valence-corrected chi connectivity index (χ0v) is 33.1. The summed E-state index contributed by atoms with van der Waals surface area (Å²) >= 11 is 0. The molecule has 2 amide bonds. The molecule has 0 unspecified atom stereocenters. The average Bonchev–Trinajstić information content (AvgIpc) is 3.77. The van der Waals surface area contributed by atoms with Crippen molar-refractivity contribution in [2.75, 3.05) is 0 Å². The van der Waals surface area contributed by atoms with E-state index < -0.39 is 10.1 Å². The molecule has 0 fully saturated rings. The van der Waals surface area contributed by atoms with Crippen molar-refractivity contribution in [2.45, 2.75) is 11.8 Å². The first-order chi connectivity index (χ1) is 28.4. The molecule has 0 saturated heterocycles. The number of hydrogen-bond acceptors (Lipinski definition) is 7. The van der Waals surface area contributed by atoms with Gasteiger partial charge in [0.15, 0.2) is 11.4 Å². The molecule has 0 atom stereocenters. The first-order valence-corrected chi connectivity index (χ1v) is 19.8. The third-order valence-corrected chi connectivity index (χ3v) is 10.4. The number of benzene rings is 4. The molecular formula is C45H39N8O5S+. The Kier molecular flexibility index (Phi) is 11.6. The van der Waals surface area contributed by atoms with Crippen LogP contribution in [0.3, 0.4) is 0 Å². The van der Waals surface area contributed by atoms with Gasteiger partial charge in [-0.05, 0) is 90.8 Å². The maximum absolute atomic E-state index is 12.6. The highest BCUT2D eigenvalue weighted by Crippen LogP contribution is 2.19. The quantitative estimate of drug-likeness (QED) is 0.0841. The lowest BCUT2D eigenvalue weighted by Gasteiger charge is -2.05. The predicted molar refractivity (Wildman–Crippen MR) is 224 cm³/mol. The second kappa shape index (κ2) is 17.3. The summed E-state index contributed by atoms with van der Waals surface area (Å²) in [5.41, 5.74) is 15.0. The predicted octanol–water partition coefficient (Wildman–Crippen LogP) is 5.60. The molecule has 4 aromatic heterocycles. The van der Waals surface area contributed by atoms with Gasteiger partial charge in [0, 0.05) is 34.4 Å². The lowest BCUT2D eigenvalue weighted by atomic mass is 10.1. The van der Waals surface area contributed by atoms with E-state index in [0.717, 1.165) is 50.5 Å². The van der Waals surface area contributed by atoms with Gasteiger partial charge in [-0.3, -0.25) is 9.59 Å². The normalized spacial score (nSPS) is 11.5. The van der Waals surface area contributed by atoms with E-state index in [1.165, 1.54) is 12.1 Å². The van der Waals surface area contributed by atoms with Crippen molar-refractivity contribution < 1.29 is 31.7 Å². The first-order valence-electron chi connectivity index (χ1n) is 18.4. The van der Waals surface area contributed by atoms with Crippen LogP contribution in [-0.4, -0.2) is 46.0 Å². The van der Waals surface area contributed by atoms with Gasteiger partial charge in [0.1, 0.15) is 22.5 Å². The van der Waals surface area contributed by atoms with Crippen LogP contribution in [0.1, 0.15) is 37.4 Å². The summed E-state index contributed by atoms with van der Waals surface area (Å²) in [5, 5.41) is 8.20. The molecule has 8 aromatic rings. The molecule has 2 N–H and O–H groups in total. The molecule has 0 bridgehead atoms. The minimum Gasteiger partial charge on any atom is -0.744 e. The second-order valence-electron chi connectivity index (χ2n) is 13.6. The van der Waals surface area contributed by atoms with Crippen molar-refractivity contribution in [3.8, 4) is 22.5 Å². The Morgan fingerprint density at radius 1 is 0.593 bits per heavy atom. The molecule has 0 aliphatic heterocycles. The number of aryl methyl sites for hydroxylation is 3. The number of aromatic nitrogens is 4. The lowest BCUT2D eigenvalue weighted by Crippen LogP contribution is -2.29. The number of pyridine rings is 2. The summed E-state index contributed by atoms with van der Waals surface area (Å²) in [4.78, 5) is 25.1. The number of nitrogens with one attached hydrogen (secondary N) is 2. The van der Waals surface area contributed by atoms with E-state index in [4.69, 9.17) is 0 Å². The number of amides is 2. The van der Waals surface area contributed by atoms with Crippen LogP contribution >= 0.6 is 0 Å². The lowest BCUT2D eigenvalue weighted by molar-refractivity contribution is -0.633. The topological polar surface area (TPSA) is 157 Å². The second-order valence-corrected chi connectivity index (χ2v) is 14.9. The SMILES string of the molecule is C[n+]1c(-c2ccc(/C=N/NC(=O)c3ccc(C(=O)N/N=C/c4ccc(-c5cn6ccccc6[n+]5C)cc4)cc3)cc2)cn2ccccc21.Cc1ccc(S(=O)(=O)[O-])cc1. The highest BCUT2D eigenvalue weighted by Gasteiger charge is 2.16. The van der Waals surface area contributed by atoms with Gasteiger partial charge in [-0.15, -0.1) is 0 Å². The van der Waals surface area contributed by atoms with Gasteiger partial charge in [-0.25, -0.2) is 37.2 Å². The van der Waals surface area contributed by atoms with Crippen LogP contribution in [0.4, 0.5) is 0 Å². The highest BCUT2D eigenvalue weighted by molar-refractivity contribution is 7.85. The molecule has 0 saturated carbocycles. The van der Waals surface area contributed by atoms with Crippen LogP contribution in [0.5, 0.6) is 0 Å². The van der Waals surface area contributed by atoms with Gasteiger partial charge in [0.05, 0.1) is 43.8 Å². The summed E-state index contributed by atoms with van der Waals surface area (Å²) in [7, 11) is -0.194. The third-order valence-electron chi connectivity index (χ3n) is 9.56. The molecule has 0 spiro atoms. The number of hydrazone groups is 2. The Morgan fingerprint density at radius 2 is 1.00 bits per heavy atom. The Bertz CT molecular complexity index is 2790. The summed E-state index contributed by atoms with van der Waals surface area (Å²) in [6.07, 6.45) is 11.4. The van der Waals surface area contributed by atoms with Gasteiger partial charge in [0.2, 0.25) is 0 Å². The van der Waals surface area contributed by atoms with Crippen molar-refractivity contribution in [2.24, 2.45) is 24.3 Å². The maximum atomic E-state index is 12.6. The van der Waals surface area contributed by atoms with Gasteiger partial charge in [-0.1, -0.05) is 54.1 Å². The number of nitrogens with zero attached hydrogens (tertiary/aromatic N) is 6. The van der Waals surface area contributed by atoms with Crippen molar-refractivity contribution in [1.82, 2.24) is 19.7 Å². The Hall–Kier alpha value is -7.55. The molecule has 294 valence electrons. The summed E-state index contributed by atoms with van der Waals surface area (Å²) < 4.78 is 39.6. The van der Waals surface area contributed by atoms with Crippen LogP contribution in [0.2, 0.25) is 0 Å². The Labute approximate surface area is 340 Å². The summed E-state index contributed by atoms with van der Waals surface area (Å²) in [5.74, 6) is -0.767. The van der Waals surface area contributed by atoms with Gasteiger partial charge >= 0.3 is 0 Å². The van der Waals surface area contributed by atoms with Crippen LogP contribution < -0.4 is 20.0 Å². The van der Waals surface area contributed by atoms with Crippen molar-refractivity contribution in [3.63, 3.8) is 0 Å². The van der Waals surface area contributed by atoms with Gasteiger partial charge < -0.3 is 4.55 Å². The first kappa shape index (κ1) is 39.7. The van der Waals surface area contributed by atoms with Crippen molar-refractivity contribution >= 4 is 45.7 Å². The number of carbonyl (C=O) groups excluding carboxylic acids is 2. The summed E-state index contributed by atoms with van der Waals surface area (Å²) in [6.45, 7) is 1.82. The fourth-order valence-electron chi connectivity index (χ4n) is 6.32. The van der Waals surface area contributed by atoms with Crippen LogP contribution in [0, 0.1) is 6.92 Å². The summed E-state index contributed by atoms with van der Waals surface area (Å²) in [6, 6.07) is 40.1. The number of fused-ring (bicyclic) bond motifs is 2. The molecule has 14 heteroatoms. The molecular weight excluding hydrogens is 765 g/mol. The van der Waals surface area contributed by atoms with Crippen molar-refractivity contribution in [1.29, 1.82) is 0 Å². The fourth-order valence-corrected chi connectivity index (χ4v) is 6.79. The zero-order chi connectivity index (χ0) is 41.5. The van der Waals surface area contributed by atoms with E-state index >= 15 is 0 Å². The number of carbonyl (C=O) groups is 2. The minimum absolute atomic E-state index is 0.178. The van der Waals surface area contributed by atoms with E-state index in [9.17, 15) is 22.6 Å². The van der Waals surface area contributed by atoms with E-state index in [-0.39, 0.29) is 16.7 Å². The molecule has 4 aromatic carbocycles. The monoisotopic (exact) mass is 803 g/mol. The highest BCUT2D eigenvalue weighted by atomic mass is 32.2. The number of hydrogen-bond donors (Lipinski definition) is 2. The number of rotatable bonds is 9. The van der Waals surface area contributed by atoms with Crippen LogP contribution in [-0.2, 0) is 24.2 Å². The van der Waals surface area contributed by atoms with E-state index in [1.807, 2.05) is 106 Å². The molecule has 59 heavy (non-hydrogen) atoms.